The fourth-order valence-electron chi connectivity index (χ4n) is 2.23. The van der Waals surface area contributed by atoms with Crippen molar-refractivity contribution in [3.63, 3.8) is 0 Å². The van der Waals surface area contributed by atoms with E-state index in [1.807, 2.05) is 66.7 Å². The average Bonchev–Trinajstić information content (AvgIpc) is 2.54. The van der Waals surface area contributed by atoms with Crippen LogP contribution in [-0.4, -0.2) is 8.42 Å². The molecule has 0 radical (unpaired) electrons. The second-order valence-corrected chi connectivity index (χ2v) is 6.45. The lowest BCUT2D eigenvalue weighted by molar-refractivity contribution is 0.609. The monoisotopic (exact) mass is 309 g/mol. The van der Waals surface area contributed by atoms with Gasteiger partial charge in [-0.05, 0) is 23.1 Å². The van der Waals surface area contributed by atoms with Crippen LogP contribution in [0.4, 0.5) is 5.69 Å². The molecule has 0 saturated heterocycles. The van der Waals surface area contributed by atoms with Crippen molar-refractivity contribution in [3.8, 4) is 0 Å². The van der Waals surface area contributed by atoms with Crippen molar-refractivity contribution in [2.45, 2.75) is 0 Å². The molecule has 0 aromatic heterocycles. The third-order valence-electron chi connectivity index (χ3n) is 3.28. The first-order valence-corrected chi connectivity index (χ1v) is 8.42. The average molecular weight is 309 g/mol. The second-order valence-electron chi connectivity index (χ2n) is 4.89. The van der Waals surface area contributed by atoms with Crippen LogP contribution in [0.1, 0.15) is 5.56 Å². The Balaban J connectivity index is 1.89. The Kier molecular flexibility index (Phi) is 3.94. The van der Waals surface area contributed by atoms with Crippen LogP contribution >= 0.6 is 0 Å². The summed E-state index contributed by atoms with van der Waals surface area (Å²) >= 11 is 0. The van der Waals surface area contributed by atoms with Crippen LogP contribution in [0.5, 0.6) is 0 Å². The van der Waals surface area contributed by atoms with Crippen molar-refractivity contribution in [2.24, 2.45) is 0 Å². The summed E-state index contributed by atoms with van der Waals surface area (Å²) in [5.41, 5.74) is 1.42. The van der Waals surface area contributed by atoms with Gasteiger partial charge in [0.2, 0.25) is 0 Å². The summed E-state index contributed by atoms with van der Waals surface area (Å²) in [5, 5.41) is 3.06. The van der Waals surface area contributed by atoms with Crippen molar-refractivity contribution in [2.75, 3.05) is 4.72 Å². The topological polar surface area (TPSA) is 46.2 Å². The van der Waals surface area contributed by atoms with Crippen LogP contribution in [0.3, 0.4) is 0 Å². The Bertz CT molecular complexity index is 911. The molecule has 3 nitrogen and oxygen atoms in total. The van der Waals surface area contributed by atoms with E-state index in [0.29, 0.717) is 5.69 Å². The highest BCUT2D eigenvalue weighted by Gasteiger charge is 2.08. The molecular weight excluding hydrogens is 294 g/mol. The zero-order valence-electron chi connectivity index (χ0n) is 11.8. The van der Waals surface area contributed by atoms with Crippen LogP contribution in [0.2, 0.25) is 0 Å². The van der Waals surface area contributed by atoms with E-state index in [-0.39, 0.29) is 0 Å². The lowest BCUT2D eigenvalue weighted by atomic mass is 10.1. The first kappa shape index (κ1) is 14.4. The number of nitrogens with one attached hydrogen (secondary N) is 1. The van der Waals surface area contributed by atoms with E-state index in [1.54, 1.807) is 12.1 Å². The predicted molar refractivity (Wildman–Crippen MR) is 92.0 cm³/mol. The molecule has 0 aliphatic carbocycles. The lowest BCUT2D eigenvalue weighted by Gasteiger charge is -2.08. The van der Waals surface area contributed by atoms with Crippen LogP contribution in [0, 0.1) is 0 Å². The third kappa shape index (κ3) is 3.35. The van der Waals surface area contributed by atoms with Gasteiger partial charge in [0.15, 0.2) is 0 Å². The molecule has 22 heavy (non-hydrogen) atoms. The van der Waals surface area contributed by atoms with Gasteiger partial charge in [-0.25, -0.2) is 8.42 Å². The Hall–Kier alpha value is -2.59. The van der Waals surface area contributed by atoms with Gasteiger partial charge in [0, 0.05) is 5.39 Å². The number of rotatable bonds is 4. The van der Waals surface area contributed by atoms with E-state index in [1.165, 1.54) is 5.41 Å². The molecule has 0 aliphatic rings. The molecule has 0 unspecified atom stereocenters. The summed E-state index contributed by atoms with van der Waals surface area (Å²) in [5.74, 6) is 0. The first-order chi connectivity index (χ1) is 10.6. The minimum Gasteiger partial charge on any atom is -0.279 e. The molecule has 0 fully saturated rings. The van der Waals surface area contributed by atoms with Crippen LogP contribution in [0.15, 0.2) is 78.2 Å². The molecule has 3 rings (SSSR count). The maximum absolute atomic E-state index is 12.2. The summed E-state index contributed by atoms with van der Waals surface area (Å²) in [7, 11) is -3.55. The molecule has 4 heteroatoms. The molecule has 110 valence electrons. The van der Waals surface area contributed by atoms with Crippen molar-refractivity contribution < 1.29 is 8.42 Å². The molecule has 0 saturated carbocycles. The minimum atomic E-state index is -3.55. The van der Waals surface area contributed by atoms with Gasteiger partial charge < -0.3 is 0 Å². The summed E-state index contributed by atoms with van der Waals surface area (Å²) in [6.45, 7) is 0. The highest BCUT2D eigenvalue weighted by molar-refractivity contribution is 7.95. The van der Waals surface area contributed by atoms with Crippen LogP contribution in [-0.2, 0) is 10.0 Å². The number of sulfonamides is 1. The fourth-order valence-corrected chi connectivity index (χ4v) is 3.12. The van der Waals surface area contributed by atoms with Crippen LogP contribution in [0.25, 0.3) is 16.8 Å². The van der Waals surface area contributed by atoms with Gasteiger partial charge in [0.1, 0.15) is 0 Å². The number of fused-ring (bicyclic) bond motifs is 1. The molecule has 1 N–H and O–H groups in total. The Morgan fingerprint density at radius 1 is 0.773 bits per heavy atom. The van der Waals surface area contributed by atoms with Gasteiger partial charge in [0.25, 0.3) is 10.0 Å². The third-order valence-corrected chi connectivity index (χ3v) is 4.28. The van der Waals surface area contributed by atoms with E-state index in [9.17, 15) is 8.42 Å². The van der Waals surface area contributed by atoms with E-state index in [4.69, 9.17) is 0 Å². The Labute approximate surface area is 130 Å². The van der Waals surface area contributed by atoms with Crippen molar-refractivity contribution >= 4 is 32.6 Å². The predicted octanol–water partition coefficient (Wildman–Crippen LogP) is 4.25. The largest absolute Gasteiger partial charge is 0.279 e. The van der Waals surface area contributed by atoms with Crippen LogP contribution < -0.4 is 4.72 Å². The molecule has 0 amide bonds. The summed E-state index contributed by atoms with van der Waals surface area (Å²) in [4.78, 5) is 0. The number of hydrogen-bond donors (Lipinski definition) is 1. The molecule has 0 heterocycles. The van der Waals surface area contributed by atoms with Crippen molar-refractivity contribution in [3.05, 3.63) is 83.8 Å². The molecule has 0 bridgehead atoms. The molecule has 3 aromatic carbocycles. The van der Waals surface area contributed by atoms with Gasteiger partial charge in [-0.1, -0.05) is 66.7 Å². The zero-order valence-corrected chi connectivity index (χ0v) is 12.6. The lowest BCUT2D eigenvalue weighted by Crippen LogP contribution is -2.09. The summed E-state index contributed by atoms with van der Waals surface area (Å²) < 4.78 is 27.1. The van der Waals surface area contributed by atoms with Crippen molar-refractivity contribution in [1.29, 1.82) is 0 Å². The molecule has 0 aliphatic heterocycles. The van der Waals surface area contributed by atoms with E-state index < -0.39 is 10.0 Å². The maximum atomic E-state index is 12.2. The van der Waals surface area contributed by atoms with Gasteiger partial charge in [-0.3, -0.25) is 4.72 Å². The van der Waals surface area contributed by atoms with Gasteiger partial charge in [-0.15, -0.1) is 0 Å². The highest BCUT2D eigenvalue weighted by Crippen LogP contribution is 2.24. The van der Waals surface area contributed by atoms with Gasteiger partial charge in [0.05, 0.1) is 11.1 Å². The smallest absolute Gasteiger partial charge is 0.255 e. The molecule has 0 spiro atoms. The normalized spacial score (nSPS) is 11.8. The Morgan fingerprint density at radius 2 is 1.45 bits per heavy atom. The summed E-state index contributed by atoms with van der Waals surface area (Å²) in [6, 6.07) is 22.5. The fraction of sp³-hybridized carbons (Fsp3) is 0. The number of benzene rings is 3. The highest BCUT2D eigenvalue weighted by atomic mass is 32.2. The zero-order chi connectivity index (χ0) is 15.4. The SMILES string of the molecule is O=S(=O)(/C=C/c1ccccc1)Nc1cccc2ccccc12. The summed E-state index contributed by atoms with van der Waals surface area (Å²) in [6.07, 6.45) is 1.58. The molecule has 3 aromatic rings. The number of anilines is 1. The van der Waals surface area contributed by atoms with E-state index >= 15 is 0 Å². The minimum absolute atomic E-state index is 0.579. The maximum Gasteiger partial charge on any atom is 0.255 e. The van der Waals surface area contributed by atoms with Gasteiger partial charge >= 0.3 is 0 Å². The van der Waals surface area contributed by atoms with Crippen molar-refractivity contribution in [1.82, 2.24) is 0 Å². The standard InChI is InChI=1S/C18H15NO2S/c20-22(21,14-13-15-7-2-1-3-8-15)19-18-12-6-10-16-9-4-5-11-17(16)18/h1-14,19H/b14-13+. The van der Waals surface area contributed by atoms with Gasteiger partial charge in [-0.2, -0.15) is 0 Å². The molecular formula is C18H15NO2S. The molecule has 0 atom stereocenters. The quantitative estimate of drug-likeness (QED) is 0.783. The second kappa shape index (κ2) is 6.03. The number of hydrogen-bond acceptors (Lipinski definition) is 2. The first-order valence-electron chi connectivity index (χ1n) is 6.88. The van der Waals surface area contributed by atoms with E-state index in [0.717, 1.165) is 16.3 Å². The van der Waals surface area contributed by atoms with E-state index in [2.05, 4.69) is 4.72 Å². The Morgan fingerprint density at radius 3 is 2.27 bits per heavy atom.